The van der Waals surface area contributed by atoms with Crippen LogP contribution in [0.5, 0.6) is 0 Å². The Bertz CT molecular complexity index is 2170. The Labute approximate surface area is 331 Å². The molecule has 4 amide bonds. The zero-order chi connectivity index (χ0) is 38.7. The third kappa shape index (κ3) is 7.69. The number of carbonyl (C=O) groups excluding carboxylic acids is 3. The van der Waals surface area contributed by atoms with Gasteiger partial charge in [0.25, 0.3) is 5.91 Å². The lowest BCUT2D eigenvalue weighted by atomic mass is 10.0. The summed E-state index contributed by atoms with van der Waals surface area (Å²) in [4.78, 5) is 62.6. The van der Waals surface area contributed by atoms with Crippen LogP contribution in [0.1, 0.15) is 73.9 Å². The molecule has 0 radical (unpaired) electrons. The van der Waals surface area contributed by atoms with Gasteiger partial charge in [-0.1, -0.05) is 78.9 Å². The summed E-state index contributed by atoms with van der Waals surface area (Å²) >= 11 is 0. The molecule has 0 aliphatic carbocycles. The zero-order valence-electron chi connectivity index (χ0n) is 31.9. The molecule has 4 aliphatic rings. The van der Waals surface area contributed by atoms with Crippen molar-refractivity contribution in [3.8, 4) is 33.6 Å². The van der Waals surface area contributed by atoms with Gasteiger partial charge >= 0.3 is 6.03 Å². The second-order valence-corrected chi connectivity index (χ2v) is 15.3. The van der Waals surface area contributed by atoms with E-state index in [0.29, 0.717) is 39.5 Å². The van der Waals surface area contributed by atoms with Crippen molar-refractivity contribution in [2.75, 3.05) is 46.0 Å². The van der Waals surface area contributed by atoms with E-state index in [1.54, 1.807) is 4.90 Å². The molecule has 2 aromatic heterocycles. The van der Waals surface area contributed by atoms with Gasteiger partial charge in [0.2, 0.25) is 5.91 Å². The summed E-state index contributed by atoms with van der Waals surface area (Å²) in [6.45, 7) is 3.94. The fourth-order valence-corrected chi connectivity index (χ4v) is 8.66. The van der Waals surface area contributed by atoms with E-state index in [1.165, 1.54) is 0 Å². The SMILES string of the molecule is O=C(N[C@@H](C(=O)N1CCC[C@H]1c1ncc(-c2ccc(-c3ccc(-c4cnc(C5CCCN5C(=O)[C@H]5CCCO5)[nH]4)cc3)cc2)[nH]1)c1ccccc1)N1CCOCC1. The van der Waals surface area contributed by atoms with Crippen LogP contribution in [0, 0.1) is 0 Å². The van der Waals surface area contributed by atoms with Crippen molar-refractivity contribution in [1.82, 2.24) is 40.0 Å². The summed E-state index contributed by atoms with van der Waals surface area (Å²) in [5.74, 6) is 1.50. The molecule has 4 fully saturated rings. The average Bonchev–Trinajstić information content (AvgIpc) is 4.13. The molecular formula is C44H48N8O5. The van der Waals surface area contributed by atoms with Gasteiger partial charge in [-0.25, -0.2) is 14.8 Å². The molecular weight excluding hydrogens is 721 g/mol. The average molecular weight is 769 g/mol. The number of aromatic amines is 2. The molecule has 4 saturated heterocycles. The first kappa shape index (κ1) is 36.8. The number of benzene rings is 3. The predicted molar refractivity (Wildman–Crippen MR) is 213 cm³/mol. The van der Waals surface area contributed by atoms with Gasteiger partial charge in [-0.15, -0.1) is 0 Å². The Kier molecular flexibility index (Phi) is 10.6. The van der Waals surface area contributed by atoms with E-state index >= 15 is 0 Å². The van der Waals surface area contributed by atoms with E-state index < -0.39 is 6.04 Å². The first-order chi connectivity index (χ1) is 28.0. The van der Waals surface area contributed by atoms with E-state index in [9.17, 15) is 14.4 Å². The van der Waals surface area contributed by atoms with Crippen LogP contribution in [0.2, 0.25) is 0 Å². The number of urea groups is 1. The van der Waals surface area contributed by atoms with Gasteiger partial charge in [0.15, 0.2) is 0 Å². The normalized spacial score (nSPS) is 21.5. The van der Waals surface area contributed by atoms with Gasteiger partial charge < -0.3 is 39.5 Å². The summed E-state index contributed by atoms with van der Waals surface area (Å²) in [5.41, 5.74) is 6.75. The van der Waals surface area contributed by atoms with E-state index in [0.717, 1.165) is 95.9 Å². The number of nitrogens with one attached hydrogen (secondary N) is 3. The van der Waals surface area contributed by atoms with Gasteiger partial charge in [0, 0.05) is 32.8 Å². The first-order valence-corrected chi connectivity index (χ1v) is 20.2. The number of H-pyrrole nitrogens is 2. The molecule has 5 aromatic rings. The Morgan fingerprint density at radius 3 is 1.79 bits per heavy atom. The van der Waals surface area contributed by atoms with Crippen molar-refractivity contribution in [1.29, 1.82) is 0 Å². The molecule has 0 bridgehead atoms. The lowest BCUT2D eigenvalue weighted by Gasteiger charge is -2.32. The second-order valence-electron chi connectivity index (χ2n) is 15.3. The van der Waals surface area contributed by atoms with Gasteiger partial charge in [0.05, 0.1) is 49.1 Å². The number of carbonyl (C=O) groups is 3. The predicted octanol–water partition coefficient (Wildman–Crippen LogP) is 6.42. The molecule has 0 spiro atoms. The Balaban J connectivity index is 0.857. The van der Waals surface area contributed by atoms with Crippen LogP contribution in [-0.2, 0) is 19.1 Å². The summed E-state index contributed by atoms with van der Waals surface area (Å²) in [7, 11) is 0. The fourth-order valence-electron chi connectivity index (χ4n) is 8.66. The molecule has 13 nitrogen and oxygen atoms in total. The number of morpholine rings is 1. The molecule has 1 unspecified atom stereocenters. The molecule has 294 valence electrons. The van der Waals surface area contributed by atoms with Crippen LogP contribution in [-0.4, -0.2) is 105 Å². The van der Waals surface area contributed by atoms with Crippen LogP contribution in [0.25, 0.3) is 33.6 Å². The number of nitrogens with zero attached hydrogens (tertiary/aromatic N) is 5. The standard InChI is InChI=1S/C44H48N8O5/c53-42(38-11-6-24-57-38)51-20-4-9-36(51)40-45-27-34(47-40)31-16-12-29(13-17-31)30-14-18-32(19-15-30)35-28-46-41(48-35)37-10-5-21-52(37)43(54)39(33-7-2-1-3-8-33)49-44(55)50-22-25-56-26-23-50/h1-3,7-8,12-19,27-28,36-39H,4-6,9-11,20-26H2,(H,45,47)(H,46,48)(H,49,55)/t36?,37-,38+,39+/m0/s1. The number of imidazole rings is 2. The number of hydrogen-bond donors (Lipinski definition) is 3. The lowest BCUT2D eigenvalue weighted by molar-refractivity contribution is -0.142. The maximum atomic E-state index is 14.2. The Morgan fingerprint density at radius 2 is 1.21 bits per heavy atom. The van der Waals surface area contributed by atoms with Crippen molar-refractivity contribution in [2.24, 2.45) is 0 Å². The zero-order valence-corrected chi connectivity index (χ0v) is 31.9. The van der Waals surface area contributed by atoms with Gasteiger partial charge in [0.1, 0.15) is 23.8 Å². The van der Waals surface area contributed by atoms with Crippen LogP contribution in [0.15, 0.2) is 91.3 Å². The molecule has 0 saturated carbocycles. The summed E-state index contributed by atoms with van der Waals surface area (Å²) in [6.07, 6.45) is 8.58. The number of rotatable bonds is 9. The number of likely N-dealkylation sites (tertiary alicyclic amines) is 2. The van der Waals surface area contributed by atoms with Gasteiger partial charge in [-0.2, -0.15) is 0 Å². The third-order valence-corrected chi connectivity index (χ3v) is 11.8. The number of amides is 4. The van der Waals surface area contributed by atoms with Crippen LogP contribution >= 0.6 is 0 Å². The third-order valence-electron chi connectivity index (χ3n) is 11.8. The minimum atomic E-state index is -0.813. The van der Waals surface area contributed by atoms with E-state index in [4.69, 9.17) is 19.4 Å². The number of hydrogen-bond acceptors (Lipinski definition) is 7. The quantitative estimate of drug-likeness (QED) is 0.157. The van der Waals surface area contributed by atoms with E-state index in [-0.39, 0.29) is 36.0 Å². The highest BCUT2D eigenvalue weighted by Crippen LogP contribution is 2.36. The van der Waals surface area contributed by atoms with Crippen LogP contribution < -0.4 is 5.32 Å². The monoisotopic (exact) mass is 768 g/mol. The summed E-state index contributed by atoms with van der Waals surface area (Å²) in [6, 6.07) is 24.9. The minimum absolute atomic E-state index is 0.0502. The van der Waals surface area contributed by atoms with E-state index in [1.807, 2.05) is 52.5 Å². The molecule has 57 heavy (non-hydrogen) atoms. The lowest BCUT2D eigenvalue weighted by Crippen LogP contribution is -2.50. The molecule has 4 atom stereocenters. The van der Waals surface area contributed by atoms with Crippen molar-refractivity contribution < 1.29 is 23.9 Å². The minimum Gasteiger partial charge on any atom is -0.378 e. The van der Waals surface area contributed by atoms with Crippen LogP contribution in [0.4, 0.5) is 4.79 Å². The maximum Gasteiger partial charge on any atom is 0.318 e. The van der Waals surface area contributed by atoms with Crippen LogP contribution in [0.3, 0.4) is 0 Å². The van der Waals surface area contributed by atoms with Crippen molar-refractivity contribution in [2.45, 2.75) is 62.8 Å². The van der Waals surface area contributed by atoms with E-state index in [2.05, 4.69) is 63.8 Å². The fraction of sp³-hybridized carbons (Fsp3) is 0.386. The van der Waals surface area contributed by atoms with Gasteiger partial charge in [-0.05, 0) is 66.3 Å². The van der Waals surface area contributed by atoms with Gasteiger partial charge in [-0.3, -0.25) is 9.59 Å². The highest BCUT2D eigenvalue weighted by molar-refractivity contribution is 5.89. The number of aromatic nitrogens is 4. The first-order valence-electron chi connectivity index (χ1n) is 20.2. The van der Waals surface area contributed by atoms with Crippen molar-refractivity contribution in [3.63, 3.8) is 0 Å². The molecule has 6 heterocycles. The highest BCUT2D eigenvalue weighted by atomic mass is 16.5. The Morgan fingerprint density at radius 1 is 0.649 bits per heavy atom. The van der Waals surface area contributed by atoms with Crippen molar-refractivity contribution >= 4 is 17.8 Å². The highest BCUT2D eigenvalue weighted by Gasteiger charge is 2.39. The molecule has 9 rings (SSSR count). The summed E-state index contributed by atoms with van der Waals surface area (Å²) < 4.78 is 11.1. The molecule has 3 aromatic carbocycles. The molecule has 13 heteroatoms. The molecule has 4 aliphatic heterocycles. The summed E-state index contributed by atoms with van der Waals surface area (Å²) in [5, 5.41) is 3.03. The Hall–Kier alpha value is -5.79. The second kappa shape index (κ2) is 16.4. The number of ether oxygens (including phenoxy) is 2. The topological polar surface area (TPSA) is 149 Å². The smallest absolute Gasteiger partial charge is 0.318 e. The largest absolute Gasteiger partial charge is 0.378 e. The molecule has 3 N–H and O–H groups in total. The maximum absolute atomic E-state index is 14.2. The van der Waals surface area contributed by atoms with Crippen molar-refractivity contribution in [3.05, 3.63) is 108 Å².